The third-order valence-electron chi connectivity index (χ3n) is 2.53. The molecule has 0 aliphatic carbocycles. The van der Waals surface area contributed by atoms with E-state index in [1.165, 1.54) is 0 Å². The first kappa shape index (κ1) is 16.2. The van der Waals surface area contributed by atoms with E-state index < -0.39 is 0 Å². The maximum absolute atomic E-state index is 11.7. The summed E-state index contributed by atoms with van der Waals surface area (Å²) in [5, 5.41) is 7.10. The van der Waals surface area contributed by atoms with Crippen LogP contribution in [-0.2, 0) is 9.59 Å². The minimum Gasteiger partial charge on any atom is -0.326 e. The summed E-state index contributed by atoms with van der Waals surface area (Å²) in [6.07, 6.45) is 0.179. The average molecular weight is 296 g/mol. The molecule has 2 N–H and O–H groups in total. The lowest BCUT2D eigenvalue weighted by Crippen LogP contribution is -2.21. The van der Waals surface area contributed by atoms with Gasteiger partial charge in [-0.1, -0.05) is 17.7 Å². The summed E-state index contributed by atoms with van der Waals surface area (Å²) in [6.45, 7) is 5.37. The first-order chi connectivity index (χ1) is 9.40. The van der Waals surface area contributed by atoms with Crippen LogP contribution in [0.5, 0.6) is 0 Å². The number of rotatable bonds is 5. The van der Waals surface area contributed by atoms with Crippen molar-refractivity contribution in [2.45, 2.75) is 33.6 Å². The van der Waals surface area contributed by atoms with Crippen LogP contribution >= 0.6 is 11.6 Å². The Morgan fingerprint density at radius 2 is 1.85 bits per heavy atom. The number of nitrogens with zero attached hydrogens (tertiary/aromatic N) is 1. The third-order valence-corrected chi connectivity index (χ3v) is 2.93. The van der Waals surface area contributed by atoms with Gasteiger partial charge in [-0.05, 0) is 38.5 Å². The van der Waals surface area contributed by atoms with Gasteiger partial charge in [-0.25, -0.2) is 5.43 Å². The molecule has 2 amide bonds. The third kappa shape index (κ3) is 5.40. The van der Waals surface area contributed by atoms with Gasteiger partial charge in [-0.3, -0.25) is 9.59 Å². The van der Waals surface area contributed by atoms with Gasteiger partial charge in [0.25, 0.3) is 0 Å². The maximum atomic E-state index is 11.7. The molecule has 5 nitrogen and oxygen atoms in total. The Bertz CT molecular complexity index is 537. The highest BCUT2D eigenvalue weighted by atomic mass is 35.5. The zero-order valence-corrected chi connectivity index (χ0v) is 12.5. The first-order valence-electron chi connectivity index (χ1n) is 6.25. The number of nitrogens with one attached hydrogen (secondary N) is 2. The van der Waals surface area contributed by atoms with E-state index in [9.17, 15) is 9.59 Å². The summed E-state index contributed by atoms with van der Waals surface area (Å²) in [6, 6.07) is 5.28. The van der Waals surface area contributed by atoms with Crippen molar-refractivity contribution in [3.05, 3.63) is 28.8 Å². The van der Waals surface area contributed by atoms with Crippen molar-refractivity contribution in [2.24, 2.45) is 5.10 Å². The molecule has 108 valence electrons. The highest BCUT2D eigenvalue weighted by Gasteiger charge is 2.09. The fraction of sp³-hybridized carbons (Fsp3) is 0.357. The van der Waals surface area contributed by atoms with E-state index in [2.05, 4.69) is 15.8 Å². The van der Waals surface area contributed by atoms with Crippen LogP contribution in [0.15, 0.2) is 23.3 Å². The summed E-state index contributed by atoms with van der Waals surface area (Å²) in [7, 11) is 0. The Balaban J connectivity index is 2.46. The average Bonchev–Trinajstić information content (AvgIpc) is 2.39. The van der Waals surface area contributed by atoms with Crippen LogP contribution in [0.25, 0.3) is 0 Å². The number of hydrogen-bond acceptors (Lipinski definition) is 3. The van der Waals surface area contributed by atoms with Crippen LogP contribution in [0.3, 0.4) is 0 Å². The number of halogens is 1. The van der Waals surface area contributed by atoms with Crippen LogP contribution in [0.1, 0.15) is 32.3 Å². The van der Waals surface area contributed by atoms with Gasteiger partial charge in [-0.2, -0.15) is 5.10 Å². The number of carbonyl (C=O) groups is 2. The van der Waals surface area contributed by atoms with E-state index in [1.807, 2.05) is 6.92 Å². The molecular formula is C14H18ClN3O2. The summed E-state index contributed by atoms with van der Waals surface area (Å²) in [5.74, 6) is -0.521. The van der Waals surface area contributed by atoms with Crippen LogP contribution in [0.2, 0.25) is 5.02 Å². The smallest absolute Gasteiger partial charge is 0.240 e. The van der Waals surface area contributed by atoms with Crippen molar-refractivity contribution in [2.75, 3.05) is 5.32 Å². The SMILES string of the molecule is CC(C)=NNC(=O)CCC(=O)Nc1cccc(Cl)c1C. The molecule has 1 aromatic rings. The molecule has 0 saturated carbocycles. The Morgan fingerprint density at radius 3 is 2.50 bits per heavy atom. The molecule has 0 fully saturated rings. The molecule has 0 aromatic heterocycles. The zero-order chi connectivity index (χ0) is 15.1. The predicted octanol–water partition coefficient (Wildman–Crippen LogP) is 2.88. The highest BCUT2D eigenvalue weighted by molar-refractivity contribution is 6.31. The standard InChI is InChI=1S/C14H18ClN3O2/c1-9(2)17-18-14(20)8-7-13(19)16-12-6-4-5-11(15)10(12)3/h4-6H,7-8H2,1-3H3,(H,16,19)(H,18,20). The Kier molecular flexibility index (Phi) is 6.18. The Hall–Kier alpha value is -1.88. The molecule has 0 unspecified atom stereocenters. The number of anilines is 1. The van der Waals surface area contributed by atoms with Crippen LogP contribution in [0, 0.1) is 6.92 Å². The lowest BCUT2D eigenvalue weighted by Gasteiger charge is -2.09. The summed E-state index contributed by atoms with van der Waals surface area (Å²) < 4.78 is 0. The number of carbonyl (C=O) groups excluding carboxylic acids is 2. The van der Waals surface area contributed by atoms with Gasteiger partial charge in [0.1, 0.15) is 0 Å². The Morgan fingerprint density at radius 1 is 1.20 bits per heavy atom. The van der Waals surface area contributed by atoms with E-state index in [0.29, 0.717) is 10.7 Å². The van der Waals surface area contributed by atoms with E-state index in [1.54, 1.807) is 32.0 Å². The Labute approximate surface area is 123 Å². The second-order valence-electron chi connectivity index (χ2n) is 4.55. The fourth-order valence-electron chi connectivity index (χ4n) is 1.41. The summed E-state index contributed by atoms with van der Waals surface area (Å²) in [5.41, 5.74) is 4.58. The molecule has 0 spiro atoms. The topological polar surface area (TPSA) is 70.6 Å². The molecule has 0 heterocycles. The summed E-state index contributed by atoms with van der Waals surface area (Å²) >= 11 is 5.97. The molecule has 1 rings (SSSR count). The van der Waals surface area contributed by atoms with E-state index in [4.69, 9.17) is 11.6 Å². The van der Waals surface area contributed by atoms with Crippen molar-refractivity contribution in [3.8, 4) is 0 Å². The monoisotopic (exact) mass is 295 g/mol. The quantitative estimate of drug-likeness (QED) is 0.648. The molecule has 6 heteroatoms. The number of benzene rings is 1. The largest absolute Gasteiger partial charge is 0.326 e. The molecule has 20 heavy (non-hydrogen) atoms. The van der Waals surface area contributed by atoms with Gasteiger partial charge in [0.05, 0.1) is 0 Å². The predicted molar refractivity (Wildman–Crippen MR) is 81.0 cm³/mol. The number of hydrogen-bond donors (Lipinski definition) is 2. The van der Waals surface area contributed by atoms with Gasteiger partial charge in [0, 0.05) is 29.3 Å². The van der Waals surface area contributed by atoms with Crippen LogP contribution < -0.4 is 10.7 Å². The van der Waals surface area contributed by atoms with Crippen LogP contribution in [-0.4, -0.2) is 17.5 Å². The molecular weight excluding hydrogens is 278 g/mol. The second-order valence-corrected chi connectivity index (χ2v) is 4.96. The number of amides is 2. The van der Waals surface area contributed by atoms with Crippen molar-refractivity contribution in [1.82, 2.24) is 5.43 Å². The van der Waals surface area contributed by atoms with Gasteiger partial charge in [-0.15, -0.1) is 0 Å². The zero-order valence-electron chi connectivity index (χ0n) is 11.8. The molecule has 0 saturated heterocycles. The van der Waals surface area contributed by atoms with Gasteiger partial charge in [0.2, 0.25) is 11.8 Å². The lowest BCUT2D eigenvalue weighted by atomic mass is 10.2. The molecule has 1 aromatic carbocycles. The second kappa shape index (κ2) is 7.65. The highest BCUT2D eigenvalue weighted by Crippen LogP contribution is 2.22. The first-order valence-corrected chi connectivity index (χ1v) is 6.62. The van der Waals surface area contributed by atoms with Gasteiger partial charge < -0.3 is 5.32 Å². The fourth-order valence-corrected chi connectivity index (χ4v) is 1.59. The molecule has 0 radical (unpaired) electrons. The van der Waals surface area contributed by atoms with E-state index >= 15 is 0 Å². The van der Waals surface area contributed by atoms with Gasteiger partial charge in [0.15, 0.2) is 0 Å². The summed E-state index contributed by atoms with van der Waals surface area (Å²) in [4.78, 5) is 23.2. The van der Waals surface area contributed by atoms with Crippen molar-refractivity contribution in [1.29, 1.82) is 0 Å². The normalized spacial score (nSPS) is 9.80. The van der Waals surface area contributed by atoms with E-state index in [-0.39, 0.29) is 24.7 Å². The van der Waals surface area contributed by atoms with Crippen molar-refractivity contribution < 1.29 is 9.59 Å². The minimum absolute atomic E-state index is 0.0855. The minimum atomic E-state index is -0.288. The van der Waals surface area contributed by atoms with Crippen molar-refractivity contribution in [3.63, 3.8) is 0 Å². The molecule has 0 aliphatic rings. The molecule has 0 bridgehead atoms. The van der Waals surface area contributed by atoms with Gasteiger partial charge >= 0.3 is 0 Å². The molecule has 0 atom stereocenters. The lowest BCUT2D eigenvalue weighted by molar-refractivity contribution is -0.124. The molecule has 0 aliphatic heterocycles. The number of hydrazone groups is 1. The maximum Gasteiger partial charge on any atom is 0.240 e. The van der Waals surface area contributed by atoms with E-state index in [0.717, 1.165) is 11.3 Å². The van der Waals surface area contributed by atoms with Crippen LogP contribution in [0.4, 0.5) is 5.69 Å². The van der Waals surface area contributed by atoms with Crippen molar-refractivity contribution >= 4 is 34.8 Å².